The van der Waals surface area contributed by atoms with Gasteiger partial charge in [-0.05, 0) is 44.1 Å². The van der Waals surface area contributed by atoms with Crippen LogP contribution in [0.3, 0.4) is 0 Å². The van der Waals surface area contributed by atoms with Gasteiger partial charge in [0.25, 0.3) is 0 Å². The van der Waals surface area contributed by atoms with Gasteiger partial charge in [-0.25, -0.2) is 0 Å². The highest BCUT2D eigenvalue weighted by atomic mass is 16.5. The molecule has 5 nitrogen and oxygen atoms in total. The first-order valence-corrected chi connectivity index (χ1v) is 7.75. The first kappa shape index (κ1) is 16.1. The Morgan fingerprint density at radius 2 is 2.14 bits per heavy atom. The van der Waals surface area contributed by atoms with Gasteiger partial charge in [-0.2, -0.15) is 0 Å². The molecule has 0 aliphatic carbocycles. The molecular weight excluding hydrogens is 268 g/mol. The maximum absolute atomic E-state index is 9.66. The van der Waals surface area contributed by atoms with Crippen molar-refractivity contribution in [3.05, 3.63) is 23.8 Å². The number of ether oxygens (including phenoxy) is 2. The number of rotatable bonds is 8. The topological polar surface area (TPSA) is 54.0 Å². The third kappa shape index (κ3) is 5.53. The zero-order valence-corrected chi connectivity index (χ0v) is 12.8. The Morgan fingerprint density at radius 3 is 2.90 bits per heavy atom. The molecule has 1 heterocycles. The number of nitrogens with one attached hydrogen (secondary N) is 1. The van der Waals surface area contributed by atoms with Crippen molar-refractivity contribution in [3.63, 3.8) is 0 Å². The van der Waals surface area contributed by atoms with E-state index in [-0.39, 0.29) is 5.75 Å². The smallest absolute Gasteiger partial charge is 0.161 e. The van der Waals surface area contributed by atoms with Crippen molar-refractivity contribution >= 4 is 0 Å². The summed E-state index contributed by atoms with van der Waals surface area (Å²) in [6.45, 7) is 9.20. The van der Waals surface area contributed by atoms with E-state index >= 15 is 0 Å². The standard InChI is InChI=1S/C16H26N2O3/c1-2-21-16-12-14(4-5-15(16)19)13-17-6-3-7-18-8-10-20-11-9-18/h4-5,12,17,19H,2-3,6-11,13H2,1H3. The van der Waals surface area contributed by atoms with Gasteiger partial charge >= 0.3 is 0 Å². The minimum Gasteiger partial charge on any atom is -0.504 e. The summed E-state index contributed by atoms with van der Waals surface area (Å²) in [6.07, 6.45) is 1.14. The van der Waals surface area contributed by atoms with E-state index in [9.17, 15) is 5.11 Å². The van der Waals surface area contributed by atoms with E-state index < -0.39 is 0 Å². The van der Waals surface area contributed by atoms with Crippen LogP contribution >= 0.6 is 0 Å². The van der Waals surface area contributed by atoms with Gasteiger partial charge in [0, 0.05) is 19.6 Å². The summed E-state index contributed by atoms with van der Waals surface area (Å²) in [5.41, 5.74) is 1.13. The van der Waals surface area contributed by atoms with Gasteiger partial charge in [0.05, 0.1) is 19.8 Å². The fourth-order valence-electron chi connectivity index (χ4n) is 2.42. The van der Waals surface area contributed by atoms with Crippen LogP contribution in [0.25, 0.3) is 0 Å². The molecule has 0 aromatic heterocycles. The number of hydrogen-bond donors (Lipinski definition) is 2. The average Bonchev–Trinajstić information content (AvgIpc) is 2.51. The lowest BCUT2D eigenvalue weighted by Gasteiger charge is -2.26. The molecule has 118 valence electrons. The van der Waals surface area contributed by atoms with Crippen LogP contribution in [0.4, 0.5) is 0 Å². The first-order valence-electron chi connectivity index (χ1n) is 7.75. The van der Waals surface area contributed by atoms with E-state index in [0.29, 0.717) is 12.4 Å². The maximum atomic E-state index is 9.66. The average molecular weight is 294 g/mol. The maximum Gasteiger partial charge on any atom is 0.161 e. The number of aromatic hydroxyl groups is 1. The zero-order chi connectivity index (χ0) is 14.9. The predicted molar refractivity (Wildman–Crippen MR) is 82.9 cm³/mol. The molecule has 0 radical (unpaired) electrons. The molecule has 1 fully saturated rings. The molecule has 1 saturated heterocycles. The zero-order valence-electron chi connectivity index (χ0n) is 12.8. The van der Waals surface area contributed by atoms with Gasteiger partial charge in [0.15, 0.2) is 11.5 Å². The minimum atomic E-state index is 0.202. The summed E-state index contributed by atoms with van der Waals surface area (Å²) in [5.74, 6) is 0.762. The van der Waals surface area contributed by atoms with Gasteiger partial charge in [0.1, 0.15) is 0 Å². The highest BCUT2D eigenvalue weighted by Gasteiger charge is 2.09. The number of morpholine rings is 1. The highest BCUT2D eigenvalue weighted by molar-refractivity contribution is 5.41. The lowest BCUT2D eigenvalue weighted by molar-refractivity contribution is 0.0374. The number of benzene rings is 1. The summed E-state index contributed by atoms with van der Waals surface area (Å²) in [4.78, 5) is 2.44. The lowest BCUT2D eigenvalue weighted by atomic mass is 10.2. The number of phenols is 1. The molecule has 21 heavy (non-hydrogen) atoms. The van der Waals surface area contributed by atoms with Crippen molar-refractivity contribution in [1.29, 1.82) is 0 Å². The van der Waals surface area contributed by atoms with E-state index in [1.807, 2.05) is 19.1 Å². The fraction of sp³-hybridized carbons (Fsp3) is 0.625. The molecule has 5 heteroatoms. The van der Waals surface area contributed by atoms with Crippen LogP contribution in [0.15, 0.2) is 18.2 Å². The van der Waals surface area contributed by atoms with Crippen molar-refractivity contribution in [2.75, 3.05) is 46.0 Å². The van der Waals surface area contributed by atoms with Crippen LogP contribution in [0.1, 0.15) is 18.9 Å². The van der Waals surface area contributed by atoms with Gasteiger partial charge in [-0.1, -0.05) is 6.07 Å². The molecule has 0 saturated carbocycles. The van der Waals surface area contributed by atoms with Crippen LogP contribution in [0.2, 0.25) is 0 Å². The number of phenolic OH excluding ortho intramolecular Hbond substituents is 1. The van der Waals surface area contributed by atoms with E-state index in [1.54, 1.807) is 6.07 Å². The molecule has 0 unspecified atom stereocenters. The number of nitrogens with zero attached hydrogens (tertiary/aromatic N) is 1. The van der Waals surface area contributed by atoms with Crippen molar-refractivity contribution in [2.24, 2.45) is 0 Å². The Kier molecular flexibility index (Phi) is 6.79. The Labute approximate surface area is 126 Å². The molecule has 0 spiro atoms. The molecule has 1 aliphatic rings. The van der Waals surface area contributed by atoms with Crippen LogP contribution in [-0.4, -0.2) is 56.0 Å². The Hall–Kier alpha value is -1.30. The van der Waals surface area contributed by atoms with Gasteiger partial charge in [-0.15, -0.1) is 0 Å². The molecule has 0 atom stereocenters. The molecule has 1 aromatic rings. The second kappa shape index (κ2) is 8.87. The van der Waals surface area contributed by atoms with Crippen LogP contribution < -0.4 is 10.1 Å². The second-order valence-electron chi connectivity index (χ2n) is 5.22. The quantitative estimate of drug-likeness (QED) is 0.713. The number of hydrogen-bond acceptors (Lipinski definition) is 5. The Bertz CT molecular complexity index is 420. The summed E-state index contributed by atoms with van der Waals surface area (Å²) in [7, 11) is 0. The summed E-state index contributed by atoms with van der Waals surface area (Å²) in [6, 6.07) is 5.51. The SMILES string of the molecule is CCOc1cc(CNCCCN2CCOCC2)ccc1O. The normalized spacial score (nSPS) is 16.0. The third-order valence-electron chi connectivity index (χ3n) is 3.58. The van der Waals surface area contributed by atoms with Crippen molar-refractivity contribution < 1.29 is 14.6 Å². The van der Waals surface area contributed by atoms with Crippen LogP contribution in [0, 0.1) is 0 Å². The minimum absolute atomic E-state index is 0.202. The van der Waals surface area contributed by atoms with Gasteiger partial charge in [0.2, 0.25) is 0 Å². The molecule has 2 N–H and O–H groups in total. The van der Waals surface area contributed by atoms with E-state index in [2.05, 4.69) is 10.2 Å². The van der Waals surface area contributed by atoms with Crippen molar-refractivity contribution in [3.8, 4) is 11.5 Å². The van der Waals surface area contributed by atoms with E-state index in [1.165, 1.54) is 0 Å². The molecule has 0 amide bonds. The third-order valence-corrected chi connectivity index (χ3v) is 3.58. The van der Waals surface area contributed by atoms with Gasteiger partial charge in [-0.3, -0.25) is 4.90 Å². The second-order valence-corrected chi connectivity index (χ2v) is 5.22. The largest absolute Gasteiger partial charge is 0.504 e. The summed E-state index contributed by atoms with van der Waals surface area (Å²) < 4.78 is 10.7. The highest BCUT2D eigenvalue weighted by Crippen LogP contribution is 2.26. The molecular formula is C16H26N2O3. The van der Waals surface area contributed by atoms with Crippen LogP contribution in [0.5, 0.6) is 11.5 Å². The molecule has 1 aromatic carbocycles. The lowest BCUT2D eigenvalue weighted by Crippen LogP contribution is -2.37. The summed E-state index contributed by atoms with van der Waals surface area (Å²) in [5, 5.41) is 13.1. The molecule has 1 aliphatic heterocycles. The predicted octanol–water partition coefficient (Wildman–Crippen LogP) is 1.60. The van der Waals surface area contributed by atoms with Gasteiger partial charge < -0.3 is 19.9 Å². The van der Waals surface area contributed by atoms with Crippen LogP contribution in [-0.2, 0) is 11.3 Å². The molecule has 0 bridgehead atoms. The summed E-state index contributed by atoms with van der Waals surface area (Å²) >= 11 is 0. The Morgan fingerprint density at radius 1 is 1.33 bits per heavy atom. The fourth-order valence-corrected chi connectivity index (χ4v) is 2.42. The Balaban J connectivity index is 1.65. The van der Waals surface area contributed by atoms with E-state index in [0.717, 1.165) is 57.9 Å². The van der Waals surface area contributed by atoms with Crippen molar-refractivity contribution in [2.45, 2.75) is 19.9 Å². The first-order chi connectivity index (χ1) is 10.3. The van der Waals surface area contributed by atoms with E-state index in [4.69, 9.17) is 9.47 Å². The molecule has 2 rings (SSSR count). The monoisotopic (exact) mass is 294 g/mol. The van der Waals surface area contributed by atoms with Crippen molar-refractivity contribution in [1.82, 2.24) is 10.2 Å².